The summed E-state index contributed by atoms with van der Waals surface area (Å²) < 4.78 is 4.51. The molecule has 1 aromatic heterocycles. The van der Waals surface area contributed by atoms with Crippen LogP contribution >= 0.6 is 0 Å². The fraction of sp³-hybridized carbons (Fsp3) is 0.0769. The molecule has 0 unspecified atom stereocenters. The third-order valence-corrected chi connectivity index (χ3v) is 2.33. The molecule has 0 aliphatic rings. The Balaban J connectivity index is 2.46. The van der Waals surface area contributed by atoms with Gasteiger partial charge in [0.2, 0.25) is 0 Å². The molecular weight excluding hydrogens is 230 g/mol. The zero-order valence-electron chi connectivity index (χ0n) is 9.62. The van der Waals surface area contributed by atoms with E-state index >= 15 is 0 Å². The van der Waals surface area contributed by atoms with Crippen molar-refractivity contribution in [3.05, 3.63) is 41.7 Å². The number of nitrogens with zero attached hydrogens (tertiary/aromatic N) is 3. The second-order valence-electron chi connectivity index (χ2n) is 3.47. The number of carbonyl (C=O) groups excluding carboxylic acids is 1. The first-order valence-electron chi connectivity index (χ1n) is 5.15. The predicted molar refractivity (Wildman–Crippen MR) is 65.1 cm³/mol. The van der Waals surface area contributed by atoms with Crippen molar-refractivity contribution in [1.82, 2.24) is 9.97 Å². The van der Waals surface area contributed by atoms with Crippen LogP contribution < -0.4 is 0 Å². The molecule has 18 heavy (non-hydrogen) atoms. The summed E-state index contributed by atoms with van der Waals surface area (Å²) in [5.41, 5.74) is 2.10. The van der Waals surface area contributed by atoms with Crippen molar-refractivity contribution in [3.63, 3.8) is 0 Å². The molecule has 0 amide bonds. The maximum absolute atomic E-state index is 11.3. The van der Waals surface area contributed by atoms with Crippen LogP contribution in [0, 0.1) is 11.3 Å². The van der Waals surface area contributed by atoms with Crippen LogP contribution in [0.3, 0.4) is 0 Å². The van der Waals surface area contributed by atoms with E-state index in [1.807, 2.05) is 0 Å². The number of benzene rings is 1. The van der Waals surface area contributed by atoms with E-state index < -0.39 is 5.97 Å². The minimum Gasteiger partial charge on any atom is -0.465 e. The quantitative estimate of drug-likeness (QED) is 0.453. The Bertz CT molecular complexity index is 671. The third-order valence-electron chi connectivity index (χ3n) is 2.33. The standard InChI is InChI=1S/C13H9N3O2/c1-18-13(17)10(8-14)6-9-2-3-11-12(7-9)16-5-4-15-11/h2-7H,1H3/b10-6+. The summed E-state index contributed by atoms with van der Waals surface area (Å²) in [6.07, 6.45) is 4.65. The minimum atomic E-state index is -0.656. The van der Waals surface area contributed by atoms with Gasteiger partial charge >= 0.3 is 5.97 Å². The molecule has 2 aromatic rings. The van der Waals surface area contributed by atoms with E-state index in [4.69, 9.17) is 5.26 Å². The lowest BCUT2D eigenvalue weighted by Gasteiger charge is -1.99. The van der Waals surface area contributed by atoms with Gasteiger partial charge in [0, 0.05) is 12.4 Å². The Kier molecular flexibility index (Phi) is 3.30. The van der Waals surface area contributed by atoms with Crippen molar-refractivity contribution < 1.29 is 9.53 Å². The van der Waals surface area contributed by atoms with Crippen molar-refractivity contribution in [2.75, 3.05) is 7.11 Å². The smallest absolute Gasteiger partial charge is 0.348 e. The van der Waals surface area contributed by atoms with Crippen LogP contribution in [0.25, 0.3) is 17.1 Å². The summed E-state index contributed by atoms with van der Waals surface area (Å²) in [5.74, 6) is -0.656. The van der Waals surface area contributed by atoms with Crippen molar-refractivity contribution in [3.8, 4) is 6.07 Å². The monoisotopic (exact) mass is 239 g/mol. The number of fused-ring (bicyclic) bond motifs is 1. The molecule has 0 bridgehead atoms. The van der Waals surface area contributed by atoms with Crippen molar-refractivity contribution in [1.29, 1.82) is 5.26 Å². The highest BCUT2D eigenvalue weighted by Crippen LogP contribution is 2.14. The zero-order chi connectivity index (χ0) is 13.0. The van der Waals surface area contributed by atoms with E-state index in [0.29, 0.717) is 11.1 Å². The molecule has 5 heteroatoms. The van der Waals surface area contributed by atoms with E-state index in [0.717, 1.165) is 5.52 Å². The third kappa shape index (κ3) is 2.33. The maximum Gasteiger partial charge on any atom is 0.348 e. The Morgan fingerprint density at radius 1 is 1.33 bits per heavy atom. The van der Waals surface area contributed by atoms with Crippen molar-refractivity contribution in [2.24, 2.45) is 0 Å². The number of esters is 1. The summed E-state index contributed by atoms with van der Waals surface area (Å²) in [5, 5.41) is 8.86. The molecule has 0 aliphatic carbocycles. The van der Waals surface area contributed by atoms with Gasteiger partial charge in [0.25, 0.3) is 0 Å². The fourth-order valence-electron chi connectivity index (χ4n) is 1.48. The van der Waals surface area contributed by atoms with Gasteiger partial charge in [0.1, 0.15) is 11.6 Å². The largest absolute Gasteiger partial charge is 0.465 e. The summed E-state index contributed by atoms with van der Waals surface area (Å²) in [4.78, 5) is 19.6. The van der Waals surface area contributed by atoms with Crippen LogP contribution in [0.15, 0.2) is 36.2 Å². The Morgan fingerprint density at radius 2 is 2.06 bits per heavy atom. The molecule has 0 atom stereocenters. The molecule has 0 saturated carbocycles. The highest BCUT2D eigenvalue weighted by molar-refractivity contribution is 5.98. The van der Waals surface area contributed by atoms with Crippen molar-refractivity contribution in [2.45, 2.75) is 0 Å². The van der Waals surface area contributed by atoms with Gasteiger partial charge in [-0.3, -0.25) is 9.97 Å². The molecule has 0 fully saturated rings. The Labute approximate surface area is 103 Å². The maximum atomic E-state index is 11.3. The topological polar surface area (TPSA) is 75.9 Å². The van der Waals surface area contributed by atoms with Gasteiger partial charge in [-0.05, 0) is 23.8 Å². The zero-order valence-corrected chi connectivity index (χ0v) is 9.62. The summed E-state index contributed by atoms with van der Waals surface area (Å²) in [6, 6.07) is 7.09. The first-order valence-corrected chi connectivity index (χ1v) is 5.15. The number of aromatic nitrogens is 2. The number of rotatable bonds is 2. The number of ether oxygens (including phenoxy) is 1. The Hall–Kier alpha value is -2.74. The minimum absolute atomic E-state index is 0.0549. The lowest BCUT2D eigenvalue weighted by atomic mass is 10.1. The lowest BCUT2D eigenvalue weighted by molar-refractivity contribution is -0.135. The molecule has 0 aliphatic heterocycles. The molecule has 1 aromatic carbocycles. The average Bonchev–Trinajstić information content (AvgIpc) is 2.43. The van der Waals surface area contributed by atoms with Gasteiger partial charge in [-0.1, -0.05) is 6.07 Å². The highest BCUT2D eigenvalue weighted by Gasteiger charge is 2.08. The van der Waals surface area contributed by atoms with E-state index in [9.17, 15) is 4.79 Å². The van der Waals surface area contributed by atoms with Gasteiger partial charge in [-0.25, -0.2) is 4.79 Å². The predicted octanol–water partition coefficient (Wildman–Crippen LogP) is 1.71. The molecule has 0 N–H and O–H groups in total. The molecule has 0 radical (unpaired) electrons. The summed E-state index contributed by atoms with van der Waals surface area (Å²) >= 11 is 0. The first kappa shape index (κ1) is 11.7. The van der Waals surface area contributed by atoms with Crippen LogP contribution in [0.1, 0.15) is 5.56 Å². The number of carbonyl (C=O) groups is 1. The molecule has 5 nitrogen and oxygen atoms in total. The molecule has 2 rings (SSSR count). The molecule has 0 saturated heterocycles. The van der Waals surface area contributed by atoms with Crippen LogP contribution in [0.2, 0.25) is 0 Å². The van der Waals surface area contributed by atoms with E-state index in [1.54, 1.807) is 36.7 Å². The molecule has 88 valence electrons. The fourth-order valence-corrected chi connectivity index (χ4v) is 1.48. The normalized spacial score (nSPS) is 11.0. The van der Waals surface area contributed by atoms with Gasteiger partial charge in [0.05, 0.1) is 18.1 Å². The van der Waals surface area contributed by atoms with E-state index in [2.05, 4.69) is 14.7 Å². The van der Waals surface area contributed by atoms with Crippen LogP contribution in [0.5, 0.6) is 0 Å². The van der Waals surface area contributed by atoms with Crippen molar-refractivity contribution >= 4 is 23.1 Å². The van der Waals surface area contributed by atoms with Crippen LogP contribution in [0.4, 0.5) is 0 Å². The lowest BCUT2D eigenvalue weighted by Crippen LogP contribution is -2.02. The number of nitriles is 1. The summed E-state index contributed by atoms with van der Waals surface area (Å²) in [7, 11) is 1.24. The van der Waals surface area contributed by atoms with E-state index in [-0.39, 0.29) is 5.57 Å². The van der Waals surface area contributed by atoms with Gasteiger partial charge in [-0.2, -0.15) is 5.26 Å². The SMILES string of the molecule is COC(=O)/C(C#N)=C/c1ccc2nccnc2c1. The van der Waals surface area contributed by atoms with Crippen LogP contribution in [-0.4, -0.2) is 23.0 Å². The second kappa shape index (κ2) is 5.06. The average molecular weight is 239 g/mol. The second-order valence-corrected chi connectivity index (χ2v) is 3.47. The number of hydrogen-bond acceptors (Lipinski definition) is 5. The highest BCUT2D eigenvalue weighted by atomic mass is 16.5. The van der Waals surface area contributed by atoms with Gasteiger partial charge in [0.15, 0.2) is 0 Å². The Morgan fingerprint density at radius 3 is 2.72 bits per heavy atom. The number of hydrogen-bond donors (Lipinski definition) is 0. The molecule has 1 heterocycles. The molecular formula is C13H9N3O2. The number of methoxy groups -OCH3 is 1. The van der Waals surface area contributed by atoms with Gasteiger partial charge in [-0.15, -0.1) is 0 Å². The molecule has 0 spiro atoms. The van der Waals surface area contributed by atoms with Gasteiger partial charge < -0.3 is 4.74 Å². The summed E-state index contributed by atoms with van der Waals surface area (Å²) in [6.45, 7) is 0. The first-order chi connectivity index (χ1) is 8.74. The van der Waals surface area contributed by atoms with E-state index in [1.165, 1.54) is 13.2 Å². The van der Waals surface area contributed by atoms with Crippen LogP contribution in [-0.2, 0) is 9.53 Å².